The van der Waals surface area contributed by atoms with Crippen LogP contribution in [0.4, 0.5) is 0 Å². The lowest BCUT2D eigenvalue weighted by Gasteiger charge is -2.08. The highest BCUT2D eigenvalue weighted by molar-refractivity contribution is 5.84. The molecule has 1 unspecified atom stereocenters. The molecule has 4 nitrogen and oxygen atoms in total. The van der Waals surface area contributed by atoms with Crippen LogP contribution in [0.25, 0.3) is 10.9 Å². The molecule has 0 amide bonds. The number of aromatic nitrogens is 1. The summed E-state index contributed by atoms with van der Waals surface area (Å²) in [5, 5.41) is 10.9. The standard InChI is InChI=1S/C13H15NO3/c1-2-17-13(16)7-12(15)10-8-14-11-6-4-3-5-9(10)11/h3-6,8,12,14-15H,2,7H2,1H3. The lowest BCUT2D eigenvalue weighted by atomic mass is 10.1. The van der Waals surface area contributed by atoms with Crippen LogP contribution in [0.1, 0.15) is 25.0 Å². The highest BCUT2D eigenvalue weighted by Crippen LogP contribution is 2.26. The number of fused-ring (bicyclic) bond motifs is 1. The molecular formula is C13H15NO3. The van der Waals surface area contributed by atoms with Gasteiger partial charge in [0.1, 0.15) is 0 Å². The van der Waals surface area contributed by atoms with Crippen LogP contribution < -0.4 is 0 Å². The van der Waals surface area contributed by atoms with Gasteiger partial charge in [0, 0.05) is 22.7 Å². The molecule has 0 aliphatic carbocycles. The van der Waals surface area contributed by atoms with Gasteiger partial charge in [0.2, 0.25) is 0 Å². The second-order valence-corrected chi connectivity index (χ2v) is 3.81. The van der Waals surface area contributed by atoms with E-state index in [1.807, 2.05) is 24.3 Å². The third kappa shape index (κ3) is 2.47. The van der Waals surface area contributed by atoms with Crippen molar-refractivity contribution in [1.29, 1.82) is 0 Å². The van der Waals surface area contributed by atoms with Gasteiger partial charge < -0.3 is 14.8 Å². The molecule has 17 heavy (non-hydrogen) atoms. The lowest BCUT2D eigenvalue weighted by molar-refractivity contribution is -0.145. The van der Waals surface area contributed by atoms with Gasteiger partial charge in [-0.3, -0.25) is 4.79 Å². The molecular weight excluding hydrogens is 218 g/mol. The number of rotatable bonds is 4. The van der Waals surface area contributed by atoms with E-state index >= 15 is 0 Å². The van der Waals surface area contributed by atoms with Crippen LogP contribution in [0.3, 0.4) is 0 Å². The monoisotopic (exact) mass is 233 g/mol. The molecule has 0 saturated carbocycles. The minimum atomic E-state index is -0.829. The first-order valence-electron chi connectivity index (χ1n) is 5.62. The largest absolute Gasteiger partial charge is 0.466 e. The smallest absolute Gasteiger partial charge is 0.308 e. The SMILES string of the molecule is CCOC(=O)CC(O)c1c[nH]c2ccccc12. The van der Waals surface area contributed by atoms with E-state index in [0.717, 1.165) is 16.5 Å². The predicted molar refractivity (Wildman–Crippen MR) is 64.5 cm³/mol. The number of aromatic amines is 1. The molecule has 0 spiro atoms. The summed E-state index contributed by atoms with van der Waals surface area (Å²) < 4.78 is 4.81. The van der Waals surface area contributed by atoms with Gasteiger partial charge in [-0.1, -0.05) is 18.2 Å². The Bertz CT molecular complexity index is 518. The minimum Gasteiger partial charge on any atom is -0.466 e. The van der Waals surface area contributed by atoms with Crippen molar-refractivity contribution in [1.82, 2.24) is 4.98 Å². The van der Waals surface area contributed by atoms with E-state index in [-0.39, 0.29) is 12.4 Å². The van der Waals surface area contributed by atoms with E-state index in [4.69, 9.17) is 4.74 Å². The summed E-state index contributed by atoms with van der Waals surface area (Å²) in [7, 11) is 0. The van der Waals surface area contributed by atoms with Crippen molar-refractivity contribution in [2.45, 2.75) is 19.4 Å². The number of para-hydroxylation sites is 1. The summed E-state index contributed by atoms with van der Waals surface area (Å²) in [5.74, 6) is -0.384. The van der Waals surface area contributed by atoms with Crippen molar-refractivity contribution in [2.75, 3.05) is 6.61 Å². The molecule has 90 valence electrons. The zero-order valence-corrected chi connectivity index (χ0v) is 9.64. The van der Waals surface area contributed by atoms with Crippen LogP contribution >= 0.6 is 0 Å². The molecule has 2 aromatic rings. The Morgan fingerprint density at radius 2 is 2.24 bits per heavy atom. The summed E-state index contributed by atoms with van der Waals surface area (Å²) in [5.41, 5.74) is 1.68. The molecule has 1 heterocycles. The number of aliphatic hydroxyl groups excluding tert-OH is 1. The summed E-state index contributed by atoms with van der Waals surface area (Å²) in [6.07, 6.45) is 0.884. The first kappa shape index (κ1) is 11.7. The van der Waals surface area contributed by atoms with Gasteiger partial charge in [-0.2, -0.15) is 0 Å². The Kier molecular flexibility index (Phi) is 3.44. The molecule has 4 heteroatoms. The van der Waals surface area contributed by atoms with Crippen LogP contribution in [0, 0.1) is 0 Å². The Morgan fingerprint density at radius 1 is 1.47 bits per heavy atom. The molecule has 0 saturated heterocycles. The Labute approximate surface area is 99.2 Å². The number of hydrogen-bond acceptors (Lipinski definition) is 3. The number of aliphatic hydroxyl groups is 1. The van der Waals surface area contributed by atoms with Crippen LogP contribution in [0.15, 0.2) is 30.5 Å². The zero-order chi connectivity index (χ0) is 12.3. The van der Waals surface area contributed by atoms with Crippen molar-refractivity contribution in [2.24, 2.45) is 0 Å². The molecule has 2 N–H and O–H groups in total. The quantitative estimate of drug-likeness (QED) is 0.795. The van der Waals surface area contributed by atoms with Gasteiger partial charge in [-0.25, -0.2) is 0 Å². The molecule has 1 atom stereocenters. The zero-order valence-electron chi connectivity index (χ0n) is 9.64. The van der Waals surface area contributed by atoms with Crippen LogP contribution in [0.2, 0.25) is 0 Å². The normalized spacial score (nSPS) is 12.6. The Balaban J connectivity index is 2.19. The van der Waals surface area contributed by atoms with Crippen LogP contribution in [-0.2, 0) is 9.53 Å². The van der Waals surface area contributed by atoms with Crippen molar-refractivity contribution in [3.05, 3.63) is 36.0 Å². The van der Waals surface area contributed by atoms with Crippen molar-refractivity contribution >= 4 is 16.9 Å². The Morgan fingerprint density at radius 3 is 3.00 bits per heavy atom. The van der Waals surface area contributed by atoms with Gasteiger partial charge in [-0.15, -0.1) is 0 Å². The first-order chi connectivity index (χ1) is 8.22. The predicted octanol–water partition coefficient (Wildman–Crippen LogP) is 2.15. The molecule has 0 aliphatic heterocycles. The highest BCUT2D eigenvalue weighted by Gasteiger charge is 2.17. The number of benzene rings is 1. The number of hydrogen-bond donors (Lipinski definition) is 2. The third-order valence-electron chi connectivity index (χ3n) is 2.65. The van der Waals surface area contributed by atoms with Gasteiger partial charge in [0.25, 0.3) is 0 Å². The lowest BCUT2D eigenvalue weighted by Crippen LogP contribution is -2.09. The highest BCUT2D eigenvalue weighted by atomic mass is 16.5. The molecule has 1 aromatic carbocycles. The van der Waals surface area contributed by atoms with E-state index < -0.39 is 6.10 Å². The molecule has 0 radical (unpaired) electrons. The molecule has 0 bridgehead atoms. The first-order valence-corrected chi connectivity index (χ1v) is 5.62. The van der Waals surface area contributed by atoms with Gasteiger partial charge in [0.15, 0.2) is 0 Å². The average molecular weight is 233 g/mol. The fourth-order valence-electron chi connectivity index (χ4n) is 1.86. The third-order valence-corrected chi connectivity index (χ3v) is 2.65. The van der Waals surface area contributed by atoms with Crippen molar-refractivity contribution < 1.29 is 14.6 Å². The average Bonchev–Trinajstić information content (AvgIpc) is 2.72. The summed E-state index contributed by atoms with van der Waals surface area (Å²) >= 11 is 0. The van der Waals surface area contributed by atoms with E-state index in [1.165, 1.54) is 0 Å². The number of carbonyl (C=O) groups is 1. The second-order valence-electron chi connectivity index (χ2n) is 3.81. The number of ether oxygens (including phenoxy) is 1. The molecule has 1 aromatic heterocycles. The van der Waals surface area contributed by atoms with E-state index in [9.17, 15) is 9.90 Å². The molecule has 2 rings (SSSR count). The second kappa shape index (κ2) is 5.01. The number of nitrogens with one attached hydrogen (secondary N) is 1. The minimum absolute atomic E-state index is 0.0182. The summed E-state index contributed by atoms with van der Waals surface area (Å²) in [6.45, 7) is 2.08. The Hall–Kier alpha value is -1.81. The number of esters is 1. The van der Waals surface area contributed by atoms with E-state index in [2.05, 4.69) is 4.98 Å². The molecule has 0 fully saturated rings. The van der Waals surface area contributed by atoms with E-state index in [1.54, 1.807) is 13.1 Å². The number of H-pyrrole nitrogens is 1. The fourth-order valence-corrected chi connectivity index (χ4v) is 1.86. The van der Waals surface area contributed by atoms with Gasteiger partial charge in [0.05, 0.1) is 19.1 Å². The maximum atomic E-state index is 11.3. The summed E-state index contributed by atoms with van der Waals surface area (Å²) in [6, 6.07) is 7.66. The van der Waals surface area contributed by atoms with Crippen molar-refractivity contribution in [3.63, 3.8) is 0 Å². The fraction of sp³-hybridized carbons (Fsp3) is 0.308. The van der Waals surface area contributed by atoms with Crippen LogP contribution in [0.5, 0.6) is 0 Å². The van der Waals surface area contributed by atoms with Crippen molar-refractivity contribution in [3.8, 4) is 0 Å². The molecule has 0 aliphatic rings. The maximum absolute atomic E-state index is 11.3. The van der Waals surface area contributed by atoms with E-state index in [0.29, 0.717) is 6.61 Å². The van der Waals surface area contributed by atoms with Crippen LogP contribution in [-0.4, -0.2) is 22.7 Å². The van der Waals surface area contributed by atoms with Gasteiger partial charge in [-0.05, 0) is 13.0 Å². The number of carbonyl (C=O) groups excluding carboxylic acids is 1. The van der Waals surface area contributed by atoms with Gasteiger partial charge >= 0.3 is 5.97 Å². The maximum Gasteiger partial charge on any atom is 0.308 e. The summed E-state index contributed by atoms with van der Waals surface area (Å²) in [4.78, 5) is 14.4. The topological polar surface area (TPSA) is 62.3 Å².